The molecule has 0 spiro atoms. The van der Waals surface area contributed by atoms with E-state index < -0.39 is 0 Å². The van der Waals surface area contributed by atoms with Crippen LogP contribution in [-0.4, -0.2) is 41.1 Å². The smallest absolute Gasteiger partial charge is 0.227 e. The van der Waals surface area contributed by atoms with Crippen molar-refractivity contribution >= 4 is 29.3 Å². The number of nitrogens with zero attached hydrogens (tertiary/aromatic N) is 3. The maximum absolute atomic E-state index is 13.4. The third kappa shape index (κ3) is 4.10. The van der Waals surface area contributed by atoms with Crippen molar-refractivity contribution in [2.75, 3.05) is 20.8 Å². The number of carbonyl (C=O) groups excluding carboxylic acids is 1. The van der Waals surface area contributed by atoms with Gasteiger partial charge in [0.1, 0.15) is 11.5 Å². The van der Waals surface area contributed by atoms with Gasteiger partial charge in [-0.15, -0.1) is 12.4 Å². The van der Waals surface area contributed by atoms with Crippen LogP contribution in [0.15, 0.2) is 48.8 Å². The van der Waals surface area contributed by atoms with Crippen LogP contribution < -0.4 is 9.47 Å². The van der Waals surface area contributed by atoms with Gasteiger partial charge in [-0.2, -0.15) is 0 Å². The topological polar surface area (TPSA) is 56.6 Å². The number of fused-ring (bicyclic) bond motifs is 1. The molecule has 0 saturated carbocycles. The molecule has 7 heteroatoms. The number of ether oxygens (including phenoxy) is 2. The van der Waals surface area contributed by atoms with Crippen LogP contribution in [0.4, 0.5) is 0 Å². The summed E-state index contributed by atoms with van der Waals surface area (Å²) in [5.74, 6) is 1.58. The Morgan fingerprint density at radius 1 is 1.20 bits per heavy atom. The van der Waals surface area contributed by atoms with Gasteiger partial charge in [0.05, 0.1) is 43.5 Å². The fourth-order valence-electron chi connectivity index (χ4n) is 4.27. The Kier molecular flexibility index (Phi) is 6.87. The Labute approximate surface area is 183 Å². The number of para-hydroxylation sites is 2. The van der Waals surface area contributed by atoms with Crippen LogP contribution in [0.2, 0.25) is 0 Å². The van der Waals surface area contributed by atoms with Crippen molar-refractivity contribution in [2.24, 2.45) is 5.92 Å². The first-order chi connectivity index (χ1) is 14.1. The molecule has 6 nitrogen and oxygen atoms in total. The van der Waals surface area contributed by atoms with Crippen molar-refractivity contribution in [2.45, 2.75) is 32.4 Å². The molecule has 0 bridgehead atoms. The molecule has 1 saturated heterocycles. The van der Waals surface area contributed by atoms with Gasteiger partial charge in [-0.3, -0.25) is 4.79 Å². The van der Waals surface area contributed by atoms with Gasteiger partial charge in [-0.1, -0.05) is 19.1 Å². The molecule has 1 aromatic heterocycles. The molecule has 1 aliphatic heterocycles. The van der Waals surface area contributed by atoms with Crippen LogP contribution in [0.3, 0.4) is 0 Å². The van der Waals surface area contributed by atoms with Gasteiger partial charge in [-0.05, 0) is 43.2 Å². The number of methoxy groups -OCH3 is 2. The van der Waals surface area contributed by atoms with Gasteiger partial charge in [-0.25, -0.2) is 4.98 Å². The fourth-order valence-corrected chi connectivity index (χ4v) is 4.27. The zero-order valence-electron chi connectivity index (χ0n) is 17.6. The summed E-state index contributed by atoms with van der Waals surface area (Å²) < 4.78 is 13.0. The Morgan fingerprint density at radius 2 is 2.00 bits per heavy atom. The lowest BCUT2D eigenvalue weighted by Crippen LogP contribution is -2.36. The van der Waals surface area contributed by atoms with Crippen LogP contribution in [0.25, 0.3) is 11.0 Å². The van der Waals surface area contributed by atoms with Crippen LogP contribution in [0, 0.1) is 5.92 Å². The lowest BCUT2D eigenvalue weighted by molar-refractivity contribution is -0.136. The number of carbonyl (C=O) groups is 1. The minimum absolute atomic E-state index is 0. The Balaban J connectivity index is 0.00000256. The normalized spacial score (nSPS) is 16.9. The lowest BCUT2D eigenvalue weighted by Gasteiger charge is -2.29. The molecular weight excluding hydrogens is 402 g/mol. The second-order valence-electron chi connectivity index (χ2n) is 7.58. The summed E-state index contributed by atoms with van der Waals surface area (Å²) >= 11 is 0. The maximum atomic E-state index is 13.4. The summed E-state index contributed by atoms with van der Waals surface area (Å²) in [6, 6.07) is 13.8. The first kappa shape index (κ1) is 22.0. The van der Waals surface area contributed by atoms with Gasteiger partial charge in [0.15, 0.2) is 0 Å². The van der Waals surface area contributed by atoms with Crippen molar-refractivity contribution in [3.8, 4) is 11.5 Å². The minimum Gasteiger partial charge on any atom is -0.497 e. The number of hydrogen-bond donors (Lipinski definition) is 0. The fraction of sp³-hybridized carbons (Fsp3) is 0.391. The predicted octanol–water partition coefficient (Wildman–Crippen LogP) is 4.48. The van der Waals surface area contributed by atoms with Crippen LogP contribution in [-0.2, 0) is 11.3 Å². The van der Waals surface area contributed by atoms with Crippen LogP contribution >= 0.6 is 12.4 Å². The molecule has 1 fully saturated rings. The Bertz CT molecular complexity index is 1020. The summed E-state index contributed by atoms with van der Waals surface area (Å²) in [6.45, 7) is 3.37. The largest absolute Gasteiger partial charge is 0.497 e. The molecule has 0 aliphatic carbocycles. The third-order valence-electron chi connectivity index (χ3n) is 5.75. The average molecular weight is 430 g/mol. The van der Waals surface area contributed by atoms with Crippen LogP contribution in [0.1, 0.15) is 31.4 Å². The number of hydrogen-bond acceptors (Lipinski definition) is 4. The molecule has 1 amide bonds. The molecule has 2 heterocycles. The monoisotopic (exact) mass is 429 g/mol. The predicted molar refractivity (Wildman–Crippen MR) is 119 cm³/mol. The van der Waals surface area contributed by atoms with Gasteiger partial charge >= 0.3 is 0 Å². The molecule has 2 atom stereocenters. The molecule has 2 aromatic carbocycles. The quantitative estimate of drug-likeness (QED) is 0.579. The maximum Gasteiger partial charge on any atom is 0.227 e. The molecule has 30 heavy (non-hydrogen) atoms. The van der Waals surface area contributed by atoms with Gasteiger partial charge in [0.2, 0.25) is 5.91 Å². The summed E-state index contributed by atoms with van der Waals surface area (Å²) in [5, 5.41) is 0. The van der Waals surface area contributed by atoms with E-state index in [9.17, 15) is 4.79 Å². The van der Waals surface area contributed by atoms with Crippen molar-refractivity contribution in [3.63, 3.8) is 0 Å². The van der Waals surface area contributed by atoms with Crippen molar-refractivity contribution in [1.29, 1.82) is 0 Å². The highest BCUT2D eigenvalue weighted by Gasteiger charge is 2.34. The third-order valence-corrected chi connectivity index (χ3v) is 5.75. The molecule has 0 N–H and O–H groups in total. The van der Waals surface area contributed by atoms with E-state index in [0.717, 1.165) is 47.5 Å². The molecular formula is C23H28ClN3O3. The number of rotatable bonds is 6. The summed E-state index contributed by atoms with van der Waals surface area (Å²) in [4.78, 5) is 19.8. The number of imidazole rings is 1. The highest BCUT2D eigenvalue weighted by atomic mass is 35.5. The van der Waals surface area contributed by atoms with Gasteiger partial charge < -0.3 is 18.9 Å². The Hall–Kier alpha value is -2.73. The van der Waals surface area contributed by atoms with Crippen molar-refractivity contribution in [1.82, 2.24) is 14.5 Å². The lowest BCUT2D eigenvalue weighted by atomic mass is 10.0. The summed E-state index contributed by atoms with van der Waals surface area (Å²) in [7, 11) is 3.32. The number of amides is 1. The highest BCUT2D eigenvalue weighted by Crippen LogP contribution is 2.39. The van der Waals surface area contributed by atoms with Crippen LogP contribution in [0.5, 0.6) is 11.5 Å². The van der Waals surface area contributed by atoms with E-state index in [1.54, 1.807) is 14.2 Å². The van der Waals surface area contributed by atoms with E-state index in [2.05, 4.69) is 9.55 Å². The van der Waals surface area contributed by atoms with E-state index in [-0.39, 0.29) is 30.3 Å². The average Bonchev–Trinajstić information content (AvgIpc) is 3.40. The number of benzene rings is 2. The molecule has 1 aliphatic rings. The first-order valence-corrected chi connectivity index (χ1v) is 10.0. The second-order valence-corrected chi connectivity index (χ2v) is 7.58. The molecule has 4 rings (SSSR count). The number of likely N-dealkylation sites (tertiary alicyclic amines) is 1. The zero-order chi connectivity index (χ0) is 20.4. The van der Waals surface area contributed by atoms with E-state index >= 15 is 0 Å². The SMILES string of the molecule is COc1ccc(OC)c(C2CCCN2C(=O)C(C)Cn2cnc3ccccc32)c1.Cl. The van der Waals surface area contributed by atoms with E-state index in [4.69, 9.17) is 9.47 Å². The van der Waals surface area contributed by atoms with E-state index in [0.29, 0.717) is 6.54 Å². The second kappa shape index (κ2) is 9.39. The van der Waals surface area contributed by atoms with Gasteiger partial charge in [0.25, 0.3) is 0 Å². The standard InChI is InChI=1S/C23H27N3O3.ClH/c1-16(14-25-15-24-19-7-4-5-8-21(19)25)23(27)26-12-6-9-20(26)18-13-17(28-2)10-11-22(18)29-3;/h4-5,7-8,10-11,13,15-16,20H,6,9,12,14H2,1-3H3;1H. The molecule has 160 valence electrons. The summed E-state index contributed by atoms with van der Waals surface area (Å²) in [5.41, 5.74) is 3.02. The van der Waals surface area contributed by atoms with Crippen molar-refractivity contribution < 1.29 is 14.3 Å². The molecule has 3 aromatic rings. The van der Waals surface area contributed by atoms with Crippen molar-refractivity contribution in [3.05, 3.63) is 54.4 Å². The zero-order valence-corrected chi connectivity index (χ0v) is 18.4. The molecule has 0 radical (unpaired) electrons. The highest BCUT2D eigenvalue weighted by molar-refractivity contribution is 5.85. The summed E-state index contributed by atoms with van der Waals surface area (Å²) in [6.07, 6.45) is 3.73. The minimum atomic E-state index is -0.148. The number of aromatic nitrogens is 2. The van der Waals surface area contributed by atoms with E-state index in [1.165, 1.54) is 0 Å². The van der Waals surface area contributed by atoms with Gasteiger partial charge in [0, 0.05) is 18.7 Å². The first-order valence-electron chi connectivity index (χ1n) is 10.0. The molecule has 2 unspecified atom stereocenters. The number of halogens is 1. The Morgan fingerprint density at radius 3 is 2.77 bits per heavy atom. The van der Waals surface area contributed by atoms with E-state index in [1.807, 2.05) is 60.6 Å².